The van der Waals surface area contributed by atoms with Gasteiger partial charge in [0.1, 0.15) is 6.04 Å². The molecule has 7 nitrogen and oxygen atoms in total. The number of β-amino-alcohol motifs (C(OH)–C–C–N with tert-alkyl or cyclic N) is 1. The number of hydrogen-bond acceptors (Lipinski definition) is 5. The minimum atomic E-state index is -0.691. The van der Waals surface area contributed by atoms with Crippen molar-refractivity contribution in [2.45, 2.75) is 74.1 Å². The fraction of sp³-hybridized carbons (Fsp3) is 0.594. The number of rotatable bonds is 11. The summed E-state index contributed by atoms with van der Waals surface area (Å²) in [6.07, 6.45) is 9.58. The van der Waals surface area contributed by atoms with Crippen LogP contribution >= 0.6 is 11.8 Å². The Hall–Kier alpha value is -2.58. The first-order valence-corrected chi connectivity index (χ1v) is 15.7. The van der Waals surface area contributed by atoms with Crippen molar-refractivity contribution in [3.63, 3.8) is 0 Å². The van der Waals surface area contributed by atoms with Crippen LogP contribution in [0.4, 0.5) is 0 Å². The first-order valence-electron chi connectivity index (χ1n) is 14.8. The van der Waals surface area contributed by atoms with Gasteiger partial charge in [-0.05, 0) is 30.7 Å². The highest BCUT2D eigenvalue weighted by Crippen LogP contribution is 2.69. The molecule has 1 N–H and O–H groups in total. The number of aliphatic hydroxyl groups excluding tert-OH is 1. The molecule has 1 aliphatic carbocycles. The highest BCUT2D eigenvalue weighted by molar-refractivity contribution is 8.02. The van der Waals surface area contributed by atoms with E-state index in [0.29, 0.717) is 19.6 Å². The first kappa shape index (κ1) is 28.9. The zero-order valence-electron chi connectivity index (χ0n) is 23.6. The van der Waals surface area contributed by atoms with Gasteiger partial charge in [-0.3, -0.25) is 14.4 Å². The van der Waals surface area contributed by atoms with E-state index in [9.17, 15) is 19.5 Å². The van der Waals surface area contributed by atoms with E-state index in [1.807, 2.05) is 35.2 Å². The molecule has 8 heteroatoms. The maximum atomic E-state index is 14.6. The monoisotopic (exact) mass is 565 g/mol. The minimum absolute atomic E-state index is 0.0198. The highest BCUT2D eigenvalue weighted by atomic mass is 32.2. The minimum Gasteiger partial charge on any atom is -0.395 e. The maximum Gasteiger partial charge on any atom is 0.247 e. The molecule has 3 saturated heterocycles. The molecule has 4 aliphatic rings. The summed E-state index contributed by atoms with van der Waals surface area (Å²) < 4.78 is -0.686. The van der Waals surface area contributed by atoms with Crippen LogP contribution in [0.3, 0.4) is 0 Å². The Morgan fingerprint density at radius 3 is 2.45 bits per heavy atom. The number of thioether (sulfide) groups is 1. The summed E-state index contributed by atoms with van der Waals surface area (Å²) in [6, 6.07) is 9.31. The van der Waals surface area contributed by atoms with Gasteiger partial charge in [0.05, 0.1) is 23.2 Å². The SMILES string of the molecule is C=CCN(Cc1ccccc1)C(=O)[C@@H]1[C@H]2C(=O)N(CCO)C(C(=O)N(CC=C)C3CCCCC3)C23S[C@@H]1CC3C. The largest absolute Gasteiger partial charge is 0.395 e. The number of benzene rings is 1. The molecular weight excluding hydrogens is 522 g/mol. The van der Waals surface area contributed by atoms with Gasteiger partial charge in [-0.25, -0.2) is 0 Å². The lowest BCUT2D eigenvalue weighted by atomic mass is 9.65. The van der Waals surface area contributed by atoms with Crippen molar-refractivity contribution in [1.82, 2.24) is 14.7 Å². The van der Waals surface area contributed by atoms with Crippen LogP contribution in [0.2, 0.25) is 0 Å². The Balaban J connectivity index is 1.50. The number of fused-ring (bicyclic) bond motifs is 1. The normalized spacial score (nSPS) is 31.2. The fourth-order valence-corrected chi connectivity index (χ4v) is 10.3. The summed E-state index contributed by atoms with van der Waals surface area (Å²) in [5.74, 6) is -1.24. The third-order valence-corrected chi connectivity index (χ3v) is 11.7. The average molecular weight is 566 g/mol. The first-order chi connectivity index (χ1) is 19.4. The van der Waals surface area contributed by atoms with E-state index in [2.05, 4.69) is 20.1 Å². The molecule has 4 fully saturated rings. The number of carbonyl (C=O) groups is 3. The van der Waals surface area contributed by atoms with Gasteiger partial charge >= 0.3 is 0 Å². The van der Waals surface area contributed by atoms with Gasteiger partial charge in [-0.2, -0.15) is 0 Å². The van der Waals surface area contributed by atoms with Crippen LogP contribution < -0.4 is 0 Å². The Morgan fingerprint density at radius 1 is 1.10 bits per heavy atom. The topological polar surface area (TPSA) is 81.2 Å². The highest BCUT2D eigenvalue weighted by Gasteiger charge is 2.76. The third-order valence-electron chi connectivity index (χ3n) is 9.61. The van der Waals surface area contributed by atoms with Gasteiger partial charge in [0.2, 0.25) is 17.7 Å². The van der Waals surface area contributed by atoms with Crippen molar-refractivity contribution in [2.24, 2.45) is 17.8 Å². The van der Waals surface area contributed by atoms with Crippen LogP contribution in [-0.4, -0.2) is 85.8 Å². The molecule has 1 aromatic rings. The molecular formula is C32H43N3O4S. The zero-order valence-corrected chi connectivity index (χ0v) is 24.4. The summed E-state index contributed by atoms with van der Waals surface area (Å²) in [6.45, 7) is 11.1. The number of amides is 3. The van der Waals surface area contributed by atoms with E-state index in [1.165, 1.54) is 6.42 Å². The number of aliphatic hydroxyl groups is 1. The number of nitrogens with zero attached hydrogens (tertiary/aromatic N) is 3. The average Bonchev–Trinajstić information content (AvgIpc) is 3.56. The van der Waals surface area contributed by atoms with Crippen molar-refractivity contribution in [1.29, 1.82) is 0 Å². The predicted molar refractivity (Wildman–Crippen MR) is 158 cm³/mol. The van der Waals surface area contributed by atoms with Crippen molar-refractivity contribution < 1.29 is 19.5 Å². The number of hydrogen-bond donors (Lipinski definition) is 1. The van der Waals surface area contributed by atoms with E-state index in [0.717, 1.165) is 37.7 Å². The van der Waals surface area contributed by atoms with E-state index in [4.69, 9.17) is 0 Å². The van der Waals surface area contributed by atoms with Crippen LogP contribution in [0.1, 0.15) is 51.0 Å². The molecule has 5 rings (SSSR count). The molecule has 0 radical (unpaired) electrons. The summed E-state index contributed by atoms with van der Waals surface area (Å²) in [5, 5.41) is 9.98. The summed E-state index contributed by atoms with van der Waals surface area (Å²) in [7, 11) is 0. The molecule has 3 aliphatic heterocycles. The van der Waals surface area contributed by atoms with Gasteiger partial charge in [0.15, 0.2) is 0 Å². The van der Waals surface area contributed by atoms with E-state index in [1.54, 1.807) is 33.7 Å². The van der Waals surface area contributed by atoms with Crippen LogP contribution in [0.5, 0.6) is 0 Å². The van der Waals surface area contributed by atoms with Crippen molar-refractivity contribution in [3.05, 3.63) is 61.2 Å². The molecule has 3 unspecified atom stereocenters. The molecule has 0 aromatic heterocycles. The molecule has 216 valence electrons. The number of carbonyl (C=O) groups excluding carboxylic acids is 3. The Morgan fingerprint density at radius 2 is 1.80 bits per heavy atom. The van der Waals surface area contributed by atoms with E-state index < -0.39 is 22.6 Å². The van der Waals surface area contributed by atoms with Gasteiger partial charge in [0.25, 0.3) is 0 Å². The zero-order chi connectivity index (χ0) is 28.4. The lowest BCUT2D eigenvalue weighted by Gasteiger charge is -2.43. The molecule has 1 saturated carbocycles. The lowest BCUT2D eigenvalue weighted by molar-refractivity contribution is -0.146. The van der Waals surface area contributed by atoms with Crippen LogP contribution in [0.15, 0.2) is 55.6 Å². The second-order valence-electron chi connectivity index (χ2n) is 11.9. The lowest BCUT2D eigenvalue weighted by Crippen LogP contribution is -2.59. The van der Waals surface area contributed by atoms with Crippen molar-refractivity contribution >= 4 is 29.5 Å². The van der Waals surface area contributed by atoms with Crippen molar-refractivity contribution in [3.8, 4) is 0 Å². The third kappa shape index (κ3) is 4.81. The molecule has 40 heavy (non-hydrogen) atoms. The van der Waals surface area contributed by atoms with Crippen LogP contribution in [0.25, 0.3) is 0 Å². The molecule has 6 atom stereocenters. The molecule has 3 heterocycles. The predicted octanol–water partition coefficient (Wildman–Crippen LogP) is 3.88. The number of likely N-dealkylation sites (tertiary alicyclic amines) is 1. The fourth-order valence-electron chi connectivity index (χ4n) is 7.94. The van der Waals surface area contributed by atoms with E-state index >= 15 is 0 Å². The molecule has 3 amide bonds. The maximum absolute atomic E-state index is 14.6. The Kier molecular flexibility index (Phi) is 8.76. The van der Waals surface area contributed by atoms with E-state index in [-0.39, 0.29) is 48.1 Å². The van der Waals surface area contributed by atoms with Gasteiger partial charge in [-0.15, -0.1) is 24.9 Å². The van der Waals surface area contributed by atoms with Gasteiger partial charge in [-0.1, -0.05) is 68.7 Å². The Labute approximate surface area is 242 Å². The van der Waals surface area contributed by atoms with Crippen molar-refractivity contribution in [2.75, 3.05) is 26.2 Å². The van der Waals surface area contributed by atoms with Gasteiger partial charge in [0, 0.05) is 37.5 Å². The quantitative estimate of drug-likeness (QED) is 0.412. The molecule has 1 aromatic carbocycles. The molecule has 1 spiro atoms. The Bertz CT molecular complexity index is 1120. The van der Waals surface area contributed by atoms with Crippen LogP contribution in [-0.2, 0) is 20.9 Å². The second kappa shape index (κ2) is 12.1. The molecule has 2 bridgehead atoms. The summed E-state index contributed by atoms with van der Waals surface area (Å²) in [4.78, 5) is 48.5. The second-order valence-corrected chi connectivity index (χ2v) is 13.4. The van der Waals surface area contributed by atoms with Crippen LogP contribution in [0, 0.1) is 17.8 Å². The summed E-state index contributed by atoms with van der Waals surface area (Å²) in [5.41, 5.74) is 1.02. The smallest absolute Gasteiger partial charge is 0.247 e. The standard InChI is InChI=1S/C32H43N3O4S/c1-4-16-33(21-23-12-8-6-9-13-23)29(37)26-25-20-22(3)32(40-25)27(26)30(38)35(18-19-36)28(32)31(39)34(17-5-2)24-14-10-7-11-15-24/h4-6,8-9,12-13,22,24-28,36H,1-2,7,10-11,14-21H2,3H3/t22?,25-,26+,27+,28?,32?/m1/s1. The summed E-state index contributed by atoms with van der Waals surface area (Å²) >= 11 is 1.70. The van der Waals surface area contributed by atoms with Gasteiger partial charge < -0.3 is 19.8 Å².